The molecule has 128 valence electrons. The van der Waals surface area contributed by atoms with Gasteiger partial charge in [-0.2, -0.15) is 13.2 Å². The summed E-state index contributed by atoms with van der Waals surface area (Å²) in [6.07, 6.45) is -2.21. The lowest BCUT2D eigenvalue weighted by molar-refractivity contribution is -0.137. The number of carbonyl (C=O) groups is 2. The Balaban J connectivity index is 1.79. The number of anilines is 1. The van der Waals surface area contributed by atoms with E-state index in [0.29, 0.717) is 6.42 Å². The summed E-state index contributed by atoms with van der Waals surface area (Å²) in [6.45, 7) is 0. The predicted molar refractivity (Wildman–Crippen MR) is 79.0 cm³/mol. The zero-order chi connectivity index (χ0) is 17.5. The quantitative estimate of drug-likeness (QED) is 0.725. The molecule has 3 N–H and O–H groups in total. The van der Waals surface area contributed by atoms with Gasteiger partial charge in [0.25, 0.3) is 11.8 Å². The monoisotopic (exact) mass is 340 g/mol. The molecule has 1 aromatic rings. The second kappa shape index (κ2) is 5.85. The highest BCUT2D eigenvalue weighted by molar-refractivity contribution is 6.23. The van der Waals surface area contributed by atoms with Crippen LogP contribution in [-0.4, -0.2) is 23.0 Å². The Hall–Kier alpha value is -2.51. The van der Waals surface area contributed by atoms with Crippen LogP contribution in [0.25, 0.3) is 0 Å². The molecule has 8 heteroatoms. The fraction of sp³-hybridized carbons (Fsp3) is 0.375. The molecular weight excluding hydrogens is 325 g/mol. The van der Waals surface area contributed by atoms with Gasteiger partial charge in [0.15, 0.2) is 0 Å². The fourth-order valence-electron chi connectivity index (χ4n) is 3.16. The number of amides is 2. The number of halogens is 3. The summed E-state index contributed by atoms with van der Waals surface area (Å²) in [5, 5.41) is 15.3. The van der Waals surface area contributed by atoms with Crippen LogP contribution >= 0.6 is 0 Å². The number of alkyl halides is 3. The molecule has 0 aromatic heterocycles. The second-order valence-electron chi connectivity index (χ2n) is 5.91. The summed E-state index contributed by atoms with van der Waals surface area (Å²) in [5.41, 5.74) is -1.11. The largest absolute Gasteiger partial charge is 0.511 e. The van der Waals surface area contributed by atoms with Crippen molar-refractivity contribution in [2.45, 2.75) is 31.5 Å². The number of fused-ring (bicyclic) bond motifs is 1. The third-order valence-corrected chi connectivity index (χ3v) is 4.36. The summed E-state index contributed by atoms with van der Waals surface area (Å²) in [5.74, 6) is -2.03. The van der Waals surface area contributed by atoms with Crippen molar-refractivity contribution in [1.29, 1.82) is 0 Å². The number of carbonyl (C=O) groups excluding carboxylic acids is 2. The van der Waals surface area contributed by atoms with Crippen LogP contribution in [0.5, 0.6) is 0 Å². The van der Waals surface area contributed by atoms with Crippen molar-refractivity contribution in [3.63, 3.8) is 0 Å². The number of hydrogen-bond donors (Lipinski definition) is 3. The topological polar surface area (TPSA) is 78.4 Å². The Morgan fingerprint density at radius 1 is 1.21 bits per heavy atom. The van der Waals surface area contributed by atoms with Crippen molar-refractivity contribution in [1.82, 2.24) is 5.32 Å². The molecule has 2 amide bonds. The van der Waals surface area contributed by atoms with Crippen molar-refractivity contribution >= 4 is 17.5 Å². The number of benzene rings is 1. The fourth-order valence-corrected chi connectivity index (χ4v) is 3.16. The average Bonchev–Trinajstić information content (AvgIpc) is 2.95. The summed E-state index contributed by atoms with van der Waals surface area (Å²) in [4.78, 5) is 24.3. The Morgan fingerprint density at radius 2 is 1.88 bits per heavy atom. The molecule has 1 heterocycles. The summed E-state index contributed by atoms with van der Waals surface area (Å²) in [6, 6.07) is 3.69. The van der Waals surface area contributed by atoms with Crippen LogP contribution in [0.15, 0.2) is 35.6 Å². The first-order valence-corrected chi connectivity index (χ1v) is 7.50. The third-order valence-electron chi connectivity index (χ3n) is 4.36. The number of hydrogen-bond acceptors (Lipinski definition) is 3. The molecule has 5 nitrogen and oxygen atoms in total. The van der Waals surface area contributed by atoms with E-state index in [1.54, 1.807) is 0 Å². The van der Waals surface area contributed by atoms with E-state index in [1.807, 2.05) is 0 Å². The minimum atomic E-state index is -4.47. The van der Waals surface area contributed by atoms with Gasteiger partial charge < -0.3 is 15.7 Å². The number of aliphatic hydroxyl groups excluding tert-OH is 1. The molecule has 24 heavy (non-hydrogen) atoms. The molecule has 1 fully saturated rings. The van der Waals surface area contributed by atoms with E-state index in [2.05, 4.69) is 10.6 Å². The van der Waals surface area contributed by atoms with Gasteiger partial charge in [-0.25, -0.2) is 0 Å². The van der Waals surface area contributed by atoms with Crippen molar-refractivity contribution in [3.05, 3.63) is 41.2 Å². The van der Waals surface area contributed by atoms with Crippen LogP contribution in [-0.2, 0) is 15.8 Å². The summed E-state index contributed by atoms with van der Waals surface area (Å²) < 4.78 is 37.6. The molecule has 1 aliphatic heterocycles. The van der Waals surface area contributed by atoms with E-state index in [4.69, 9.17) is 0 Å². The molecule has 2 atom stereocenters. The van der Waals surface area contributed by atoms with Crippen molar-refractivity contribution in [2.24, 2.45) is 5.92 Å². The first-order chi connectivity index (χ1) is 11.3. The zero-order valence-corrected chi connectivity index (χ0v) is 12.5. The minimum absolute atomic E-state index is 0.106. The highest BCUT2D eigenvalue weighted by Gasteiger charge is 2.41. The molecule has 1 saturated carbocycles. The van der Waals surface area contributed by atoms with Gasteiger partial charge in [-0.1, -0.05) is 6.42 Å². The second-order valence-corrected chi connectivity index (χ2v) is 5.91. The molecular formula is C16H15F3N2O3. The van der Waals surface area contributed by atoms with E-state index >= 15 is 0 Å². The smallest absolute Gasteiger partial charge is 0.416 e. The van der Waals surface area contributed by atoms with Crippen LogP contribution in [0.1, 0.15) is 24.8 Å². The van der Waals surface area contributed by atoms with Crippen molar-refractivity contribution < 1.29 is 27.9 Å². The molecule has 2 unspecified atom stereocenters. The van der Waals surface area contributed by atoms with E-state index in [9.17, 15) is 27.9 Å². The van der Waals surface area contributed by atoms with E-state index < -0.39 is 23.6 Å². The Kier molecular flexibility index (Phi) is 3.98. The lowest BCUT2D eigenvalue weighted by Crippen LogP contribution is -2.46. The van der Waals surface area contributed by atoms with Gasteiger partial charge in [0.2, 0.25) is 0 Å². The maximum atomic E-state index is 12.5. The first kappa shape index (κ1) is 16.4. The Labute approximate surface area is 135 Å². The van der Waals surface area contributed by atoms with Crippen LogP contribution < -0.4 is 10.6 Å². The van der Waals surface area contributed by atoms with Crippen molar-refractivity contribution in [3.8, 4) is 0 Å². The van der Waals surface area contributed by atoms with E-state index in [-0.39, 0.29) is 29.0 Å². The molecule has 2 aliphatic rings. The molecule has 1 aromatic carbocycles. The standard InChI is InChI=1S/C16H15F3N2O3/c17-16(18,19)8-4-6-9(7-5-8)20-14(23)12-13(22)10-2-1-3-11(10)21-15(12)24/h4-7,10-11,22H,1-3H2,(H,20,23)(H,21,24). The van der Waals surface area contributed by atoms with Crippen LogP contribution in [0, 0.1) is 5.92 Å². The lowest BCUT2D eigenvalue weighted by Gasteiger charge is -2.27. The highest BCUT2D eigenvalue weighted by Crippen LogP contribution is 2.35. The molecule has 3 rings (SSSR count). The molecule has 0 radical (unpaired) electrons. The van der Waals surface area contributed by atoms with Gasteiger partial charge in [0.1, 0.15) is 11.3 Å². The summed E-state index contributed by atoms with van der Waals surface area (Å²) in [7, 11) is 0. The van der Waals surface area contributed by atoms with Gasteiger partial charge in [-0.05, 0) is 37.1 Å². The molecule has 0 saturated heterocycles. The van der Waals surface area contributed by atoms with Crippen molar-refractivity contribution in [2.75, 3.05) is 5.32 Å². The molecule has 0 bridgehead atoms. The van der Waals surface area contributed by atoms with Crippen LogP contribution in [0.2, 0.25) is 0 Å². The number of aliphatic hydroxyl groups is 1. The summed E-state index contributed by atoms with van der Waals surface area (Å²) >= 11 is 0. The number of nitrogens with one attached hydrogen (secondary N) is 2. The van der Waals surface area contributed by atoms with Gasteiger partial charge in [0, 0.05) is 17.6 Å². The highest BCUT2D eigenvalue weighted by atomic mass is 19.4. The maximum Gasteiger partial charge on any atom is 0.416 e. The lowest BCUT2D eigenvalue weighted by atomic mass is 9.92. The first-order valence-electron chi connectivity index (χ1n) is 7.50. The zero-order valence-electron chi connectivity index (χ0n) is 12.5. The van der Waals surface area contributed by atoms with E-state index in [1.165, 1.54) is 0 Å². The maximum absolute atomic E-state index is 12.5. The normalized spacial score (nSPS) is 23.7. The van der Waals surface area contributed by atoms with Crippen LogP contribution in [0.3, 0.4) is 0 Å². The molecule has 0 spiro atoms. The minimum Gasteiger partial charge on any atom is -0.511 e. The SMILES string of the molecule is O=C(Nc1ccc(C(F)(F)F)cc1)C1=C(O)C2CCCC2NC1=O. The van der Waals surface area contributed by atoms with Gasteiger partial charge in [0.05, 0.1) is 5.56 Å². The van der Waals surface area contributed by atoms with Gasteiger partial charge in [-0.15, -0.1) is 0 Å². The number of rotatable bonds is 2. The Morgan fingerprint density at radius 3 is 2.50 bits per heavy atom. The van der Waals surface area contributed by atoms with Gasteiger partial charge >= 0.3 is 6.18 Å². The third kappa shape index (κ3) is 2.95. The van der Waals surface area contributed by atoms with Gasteiger partial charge in [-0.3, -0.25) is 9.59 Å². The van der Waals surface area contributed by atoms with Crippen LogP contribution in [0.4, 0.5) is 18.9 Å². The Bertz CT molecular complexity index is 710. The molecule has 1 aliphatic carbocycles. The average molecular weight is 340 g/mol. The predicted octanol–water partition coefficient (Wildman–Crippen LogP) is 2.75. The van der Waals surface area contributed by atoms with E-state index in [0.717, 1.165) is 37.1 Å².